The molecule has 0 spiro atoms. The van der Waals surface area contributed by atoms with E-state index in [4.69, 9.17) is 9.84 Å². The molecule has 0 bridgehead atoms. The number of aliphatic hydroxyl groups is 1. The molecule has 0 saturated heterocycles. The highest BCUT2D eigenvalue weighted by Crippen LogP contribution is 2.31. The fourth-order valence-corrected chi connectivity index (χ4v) is 1.60. The minimum Gasteiger partial charge on any atom is -0.493 e. The molecule has 0 aliphatic carbocycles. The van der Waals surface area contributed by atoms with Crippen LogP contribution in [0.15, 0.2) is 12.1 Å². The summed E-state index contributed by atoms with van der Waals surface area (Å²) in [7, 11) is 0. The number of hydrogen-bond acceptors (Lipinski definition) is 3. The Hall–Kier alpha value is -1.62. The number of fused-ring (bicyclic) bond motifs is 1. The van der Waals surface area contributed by atoms with Crippen molar-refractivity contribution >= 4 is 5.97 Å². The van der Waals surface area contributed by atoms with Gasteiger partial charge in [0.25, 0.3) is 0 Å². The van der Waals surface area contributed by atoms with Crippen molar-refractivity contribution in [1.82, 2.24) is 0 Å². The van der Waals surface area contributed by atoms with Crippen LogP contribution in [0.4, 0.5) is 4.39 Å². The topological polar surface area (TPSA) is 66.8 Å². The van der Waals surface area contributed by atoms with Gasteiger partial charge in [0.15, 0.2) is 6.10 Å². The van der Waals surface area contributed by atoms with Gasteiger partial charge in [0.1, 0.15) is 11.6 Å². The third kappa shape index (κ3) is 1.55. The fourth-order valence-electron chi connectivity index (χ4n) is 1.60. The SMILES string of the molecule is O=C(O)C(O)c1ccc2c(c1F)CCO2. The predicted molar refractivity (Wildman–Crippen MR) is 48.2 cm³/mol. The first-order valence-corrected chi connectivity index (χ1v) is 4.46. The molecule has 80 valence electrons. The number of ether oxygens (including phenoxy) is 1. The minimum atomic E-state index is -1.82. The Balaban J connectivity index is 2.46. The normalized spacial score (nSPS) is 15.6. The molecule has 1 aromatic rings. The molecule has 5 heteroatoms. The van der Waals surface area contributed by atoms with Gasteiger partial charge in [-0.1, -0.05) is 0 Å². The molecule has 1 heterocycles. The molecule has 2 N–H and O–H groups in total. The van der Waals surface area contributed by atoms with E-state index in [-0.39, 0.29) is 5.56 Å². The van der Waals surface area contributed by atoms with Gasteiger partial charge < -0.3 is 14.9 Å². The molecule has 1 aromatic carbocycles. The molecule has 0 saturated carbocycles. The van der Waals surface area contributed by atoms with Gasteiger partial charge in [0, 0.05) is 17.5 Å². The van der Waals surface area contributed by atoms with Gasteiger partial charge in [-0.15, -0.1) is 0 Å². The summed E-state index contributed by atoms with van der Waals surface area (Å²) in [6, 6.07) is 2.71. The fraction of sp³-hybridized carbons (Fsp3) is 0.300. The van der Waals surface area contributed by atoms with Crippen LogP contribution in [0.5, 0.6) is 5.75 Å². The molecule has 0 amide bonds. The van der Waals surface area contributed by atoms with Crippen molar-refractivity contribution in [1.29, 1.82) is 0 Å². The van der Waals surface area contributed by atoms with E-state index in [1.807, 2.05) is 0 Å². The Morgan fingerprint density at radius 2 is 2.27 bits per heavy atom. The Morgan fingerprint density at radius 1 is 1.53 bits per heavy atom. The van der Waals surface area contributed by atoms with Crippen LogP contribution in [-0.2, 0) is 11.2 Å². The van der Waals surface area contributed by atoms with Crippen LogP contribution in [0.1, 0.15) is 17.2 Å². The molecule has 15 heavy (non-hydrogen) atoms. The van der Waals surface area contributed by atoms with Gasteiger partial charge in [-0.25, -0.2) is 9.18 Å². The first-order valence-electron chi connectivity index (χ1n) is 4.46. The highest BCUT2D eigenvalue weighted by atomic mass is 19.1. The van der Waals surface area contributed by atoms with Crippen molar-refractivity contribution in [2.45, 2.75) is 12.5 Å². The summed E-state index contributed by atoms with van der Waals surface area (Å²) in [6.07, 6.45) is -1.42. The van der Waals surface area contributed by atoms with Gasteiger partial charge >= 0.3 is 5.97 Å². The third-order valence-electron chi connectivity index (χ3n) is 2.37. The predicted octanol–water partition coefficient (Wildman–Crippen LogP) is 0.879. The number of halogens is 1. The number of rotatable bonds is 2. The number of carbonyl (C=O) groups is 1. The van der Waals surface area contributed by atoms with E-state index >= 15 is 0 Å². The van der Waals surface area contributed by atoms with Crippen LogP contribution in [0, 0.1) is 5.82 Å². The van der Waals surface area contributed by atoms with Gasteiger partial charge in [0.05, 0.1) is 6.61 Å². The molecule has 1 aliphatic rings. The average Bonchev–Trinajstić information content (AvgIpc) is 2.66. The third-order valence-corrected chi connectivity index (χ3v) is 2.37. The van der Waals surface area contributed by atoms with Crippen LogP contribution in [0.2, 0.25) is 0 Å². The van der Waals surface area contributed by atoms with E-state index in [2.05, 4.69) is 0 Å². The number of hydrogen-bond donors (Lipinski definition) is 2. The lowest BCUT2D eigenvalue weighted by atomic mass is 10.0. The second-order valence-electron chi connectivity index (χ2n) is 3.28. The Morgan fingerprint density at radius 3 is 2.93 bits per heavy atom. The van der Waals surface area contributed by atoms with Gasteiger partial charge in [-0.3, -0.25) is 0 Å². The molecule has 2 rings (SSSR count). The molecule has 0 fully saturated rings. The lowest BCUT2D eigenvalue weighted by Gasteiger charge is -2.09. The molecular formula is C10H9FO4. The van der Waals surface area contributed by atoms with Gasteiger partial charge in [0.2, 0.25) is 0 Å². The van der Waals surface area contributed by atoms with E-state index in [1.165, 1.54) is 12.1 Å². The maximum atomic E-state index is 13.7. The summed E-state index contributed by atoms with van der Waals surface area (Å²) in [6.45, 7) is 0.388. The van der Waals surface area contributed by atoms with Crippen LogP contribution in [-0.4, -0.2) is 22.8 Å². The van der Waals surface area contributed by atoms with E-state index in [9.17, 15) is 14.3 Å². The number of aliphatic carboxylic acids is 1. The Kier molecular flexibility index (Phi) is 2.32. The smallest absolute Gasteiger partial charge is 0.337 e. The highest BCUT2D eigenvalue weighted by Gasteiger charge is 2.25. The summed E-state index contributed by atoms with van der Waals surface area (Å²) in [4.78, 5) is 10.5. The zero-order valence-electron chi connectivity index (χ0n) is 7.74. The lowest BCUT2D eigenvalue weighted by molar-refractivity contribution is -0.147. The van der Waals surface area contributed by atoms with Crippen LogP contribution >= 0.6 is 0 Å². The zero-order chi connectivity index (χ0) is 11.0. The largest absolute Gasteiger partial charge is 0.493 e. The Bertz CT molecular complexity index is 416. The number of carboxylic acids is 1. The second-order valence-corrected chi connectivity index (χ2v) is 3.28. The van der Waals surface area contributed by atoms with Crippen molar-refractivity contribution in [2.75, 3.05) is 6.61 Å². The van der Waals surface area contributed by atoms with Crippen molar-refractivity contribution < 1.29 is 24.1 Å². The molecule has 4 nitrogen and oxygen atoms in total. The standard InChI is InChI=1S/C10H9FO4/c11-8-5-3-4-15-7(5)2-1-6(8)9(12)10(13)14/h1-2,9,12H,3-4H2,(H,13,14). The van der Waals surface area contributed by atoms with Crippen molar-refractivity contribution in [3.05, 3.63) is 29.1 Å². The molecule has 1 unspecified atom stereocenters. The van der Waals surface area contributed by atoms with E-state index in [0.717, 1.165) is 0 Å². The maximum Gasteiger partial charge on any atom is 0.337 e. The van der Waals surface area contributed by atoms with Crippen LogP contribution in [0.3, 0.4) is 0 Å². The first-order chi connectivity index (χ1) is 7.11. The van der Waals surface area contributed by atoms with Crippen molar-refractivity contribution in [3.8, 4) is 5.75 Å². The maximum absolute atomic E-state index is 13.7. The molecular weight excluding hydrogens is 203 g/mol. The molecule has 1 atom stereocenters. The summed E-state index contributed by atoms with van der Waals surface area (Å²) in [5.74, 6) is -1.72. The quantitative estimate of drug-likeness (QED) is 0.763. The van der Waals surface area contributed by atoms with Crippen molar-refractivity contribution in [3.63, 3.8) is 0 Å². The average molecular weight is 212 g/mol. The minimum absolute atomic E-state index is 0.216. The number of aliphatic hydroxyl groups excluding tert-OH is 1. The van der Waals surface area contributed by atoms with Gasteiger partial charge in [-0.2, -0.15) is 0 Å². The van der Waals surface area contributed by atoms with E-state index in [0.29, 0.717) is 24.3 Å². The summed E-state index contributed by atoms with van der Waals surface area (Å²) in [5, 5.41) is 17.8. The monoisotopic (exact) mass is 212 g/mol. The van der Waals surface area contributed by atoms with E-state index in [1.54, 1.807) is 0 Å². The lowest BCUT2D eigenvalue weighted by Crippen LogP contribution is -2.12. The zero-order valence-corrected chi connectivity index (χ0v) is 7.74. The summed E-state index contributed by atoms with van der Waals surface area (Å²) >= 11 is 0. The molecule has 1 aliphatic heterocycles. The first kappa shape index (κ1) is 9.92. The molecule has 0 aromatic heterocycles. The van der Waals surface area contributed by atoms with Crippen LogP contribution in [0.25, 0.3) is 0 Å². The van der Waals surface area contributed by atoms with Crippen molar-refractivity contribution in [2.24, 2.45) is 0 Å². The summed E-state index contributed by atoms with van der Waals surface area (Å²) in [5.41, 5.74) is 0.125. The number of benzene rings is 1. The summed E-state index contributed by atoms with van der Waals surface area (Å²) < 4.78 is 18.8. The number of carboxylic acid groups (broad SMARTS) is 1. The highest BCUT2D eigenvalue weighted by molar-refractivity contribution is 5.74. The van der Waals surface area contributed by atoms with E-state index < -0.39 is 17.9 Å². The second kappa shape index (κ2) is 3.51. The van der Waals surface area contributed by atoms with Gasteiger partial charge in [-0.05, 0) is 12.1 Å². The molecule has 0 radical (unpaired) electrons. The van der Waals surface area contributed by atoms with Crippen LogP contribution < -0.4 is 4.74 Å². The Labute approximate surface area is 84.9 Å².